The summed E-state index contributed by atoms with van der Waals surface area (Å²) < 4.78 is 0. The predicted molar refractivity (Wildman–Crippen MR) is 87.1 cm³/mol. The zero-order chi connectivity index (χ0) is 15.5. The first-order valence-electron chi connectivity index (χ1n) is 8.63. The summed E-state index contributed by atoms with van der Waals surface area (Å²) in [6.07, 6.45) is 7.93. The second-order valence-corrected chi connectivity index (χ2v) is 7.74. The summed E-state index contributed by atoms with van der Waals surface area (Å²) in [6, 6.07) is 0.794. The third-order valence-corrected chi connectivity index (χ3v) is 5.60. The largest absolute Gasteiger partial charge is 0.343 e. The molecule has 4 nitrogen and oxygen atoms in total. The Labute approximate surface area is 130 Å². The lowest BCUT2D eigenvalue weighted by Crippen LogP contribution is -2.48. The van der Waals surface area contributed by atoms with Gasteiger partial charge in [-0.3, -0.25) is 9.69 Å². The van der Waals surface area contributed by atoms with Crippen LogP contribution in [0, 0.1) is 5.41 Å². The van der Waals surface area contributed by atoms with Gasteiger partial charge in [0.15, 0.2) is 0 Å². The molecule has 0 aromatic heterocycles. The van der Waals surface area contributed by atoms with Crippen LogP contribution in [-0.2, 0) is 4.79 Å². The van der Waals surface area contributed by atoms with Crippen LogP contribution in [0.3, 0.4) is 0 Å². The Morgan fingerprint density at radius 1 is 1.29 bits per heavy atom. The number of hydrogen-bond donors (Lipinski definition) is 1. The molecular formula is C17H33N3O. The van der Waals surface area contributed by atoms with Gasteiger partial charge in [0.2, 0.25) is 5.91 Å². The number of carbonyl (C=O) groups is 1. The fourth-order valence-corrected chi connectivity index (χ4v) is 3.78. The van der Waals surface area contributed by atoms with Crippen LogP contribution in [0.5, 0.6) is 0 Å². The molecular weight excluding hydrogens is 262 g/mol. The number of hydrogen-bond acceptors (Lipinski definition) is 3. The fraction of sp³-hybridized carbons (Fsp3) is 0.941. The minimum atomic E-state index is 0.198. The Morgan fingerprint density at radius 2 is 1.86 bits per heavy atom. The molecule has 4 heteroatoms. The monoisotopic (exact) mass is 295 g/mol. The molecule has 2 rings (SSSR count). The van der Waals surface area contributed by atoms with E-state index in [9.17, 15) is 4.79 Å². The summed E-state index contributed by atoms with van der Waals surface area (Å²) in [4.78, 5) is 16.8. The molecule has 122 valence electrons. The third-order valence-electron chi connectivity index (χ3n) is 5.60. The van der Waals surface area contributed by atoms with Crippen LogP contribution in [-0.4, -0.2) is 54.5 Å². The van der Waals surface area contributed by atoms with E-state index < -0.39 is 0 Å². The van der Waals surface area contributed by atoms with E-state index in [4.69, 9.17) is 5.73 Å². The molecule has 1 atom stereocenters. The predicted octanol–water partition coefficient (Wildman–Crippen LogP) is 2.23. The number of amides is 1. The Morgan fingerprint density at radius 3 is 2.38 bits per heavy atom. The zero-order valence-electron chi connectivity index (χ0n) is 14.1. The SMILES string of the molecule is CN(C1CCC(C)(C)CC1)C(CN)CC(=O)N1CCCC1. The Kier molecular flexibility index (Phi) is 5.67. The lowest BCUT2D eigenvalue weighted by molar-refractivity contribution is -0.131. The number of carbonyl (C=O) groups excluding carboxylic acids is 1. The number of likely N-dealkylation sites (tertiary alicyclic amines) is 1. The molecule has 0 bridgehead atoms. The van der Waals surface area contributed by atoms with Gasteiger partial charge in [0.25, 0.3) is 0 Å². The highest BCUT2D eigenvalue weighted by Gasteiger charge is 2.32. The normalized spacial score (nSPS) is 24.5. The van der Waals surface area contributed by atoms with Gasteiger partial charge >= 0.3 is 0 Å². The van der Waals surface area contributed by atoms with Gasteiger partial charge in [0.05, 0.1) is 0 Å². The second-order valence-electron chi connectivity index (χ2n) is 7.74. The van der Waals surface area contributed by atoms with E-state index in [1.807, 2.05) is 4.90 Å². The van der Waals surface area contributed by atoms with Crippen molar-refractivity contribution in [2.75, 3.05) is 26.7 Å². The quantitative estimate of drug-likeness (QED) is 0.846. The van der Waals surface area contributed by atoms with Crippen molar-refractivity contribution in [3.63, 3.8) is 0 Å². The first-order valence-corrected chi connectivity index (χ1v) is 8.63. The van der Waals surface area contributed by atoms with Gasteiger partial charge in [-0.25, -0.2) is 0 Å². The molecule has 2 N–H and O–H groups in total. The van der Waals surface area contributed by atoms with E-state index in [0.29, 0.717) is 30.3 Å². The van der Waals surface area contributed by atoms with E-state index in [2.05, 4.69) is 25.8 Å². The molecule has 1 saturated carbocycles. The maximum absolute atomic E-state index is 12.3. The van der Waals surface area contributed by atoms with Crippen LogP contribution < -0.4 is 5.73 Å². The van der Waals surface area contributed by atoms with Gasteiger partial charge in [-0.2, -0.15) is 0 Å². The average molecular weight is 295 g/mol. The Hall–Kier alpha value is -0.610. The van der Waals surface area contributed by atoms with E-state index in [0.717, 1.165) is 25.9 Å². The van der Waals surface area contributed by atoms with Crippen LogP contribution in [0.25, 0.3) is 0 Å². The van der Waals surface area contributed by atoms with Crippen molar-refractivity contribution >= 4 is 5.91 Å². The van der Waals surface area contributed by atoms with Crippen molar-refractivity contribution in [3.05, 3.63) is 0 Å². The van der Waals surface area contributed by atoms with Crippen molar-refractivity contribution < 1.29 is 4.79 Å². The van der Waals surface area contributed by atoms with Gasteiger partial charge in [-0.1, -0.05) is 13.8 Å². The smallest absolute Gasteiger partial charge is 0.224 e. The first-order chi connectivity index (χ1) is 9.93. The number of likely N-dealkylation sites (N-methyl/N-ethyl adjacent to an activating group) is 1. The van der Waals surface area contributed by atoms with Gasteiger partial charge in [-0.05, 0) is 51.0 Å². The highest BCUT2D eigenvalue weighted by Crippen LogP contribution is 2.37. The summed E-state index contributed by atoms with van der Waals surface area (Å²) in [7, 11) is 2.16. The molecule has 1 aliphatic heterocycles. The lowest BCUT2D eigenvalue weighted by atomic mass is 9.75. The molecule has 0 aromatic carbocycles. The van der Waals surface area contributed by atoms with Crippen LogP contribution in [0.2, 0.25) is 0 Å². The summed E-state index contributed by atoms with van der Waals surface area (Å²) >= 11 is 0. The van der Waals surface area contributed by atoms with Crippen molar-refractivity contribution in [1.82, 2.24) is 9.80 Å². The van der Waals surface area contributed by atoms with Crippen molar-refractivity contribution in [2.45, 2.75) is 70.9 Å². The topological polar surface area (TPSA) is 49.6 Å². The van der Waals surface area contributed by atoms with Crippen LogP contribution in [0.15, 0.2) is 0 Å². The van der Waals surface area contributed by atoms with E-state index in [1.165, 1.54) is 25.7 Å². The van der Waals surface area contributed by atoms with Crippen molar-refractivity contribution in [3.8, 4) is 0 Å². The second kappa shape index (κ2) is 7.10. The molecule has 1 unspecified atom stereocenters. The zero-order valence-corrected chi connectivity index (χ0v) is 14.1. The van der Waals surface area contributed by atoms with Gasteiger partial charge in [-0.15, -0.1) is 0 Å². The molecule has 1 saturated heterocycles. The molecule has 0 aromatic rings. The molecule has 1 amide bonds. The number of nitrogens with two attached hydrogens (primary N) is 1. The first kappa shape index (κ1) is 16.8. The van der Waals surface area contributed by atoms with Crippen LogP contribution in [0.4, 0.5) is 0 Å². The van der Waals surface area contributed by atoms with Crippen LogP contribution >= 0.6 is 0 Å². The molecule has 1 aliphatic carbocycles. The summed E-state index contributed by atoms with van der Waals surface area (Å²) in [5.41, 5.74) is 6.46. The summed E-state index contributed by atoms with van der Waals surface area (Å²) in [5, 5.41) is 0. The van der Waals surface area contributed by atoms with Gasteiger partial charge in [0, 0.05) is 38.1 Å². The lowest BCUT2D eigenvalue weighted by Gasteiger charge is -2.41. The Bertz CT molecular complexity index is 340. The van der Waals surface area contributed by atoms with Gasteiger partial charge in [0.1, 0.15) is 0 Å². The van der Waals surface area contributed by atoms with E-state index in [1.54, 1.807) is 0 Å². The molecule has 2 aliphatic rings. The summed E-state index contributed by atoms with van der Waals surface area (Å²) in [6.45, 7) is 7.19. The minimum Gasteiger partial charge on any atom is -0.343 e. The third kappa shape index (κ3) is 4.43. The van der Waals surface area contributed by atoms with E-state index >= 15 is 0 Å². The standard InChI is InChI=1S/C17H33N3O/c1-17(2)8-6-14(7-9-17)19(3)15(13-18)12-16(21)20-10-4-5-11-20/h14-15H,4-13,18H2,1-3H3. The molecule has 21 heavy (non-hydrogen) atoms. The Balaban J connectivity index is 1.86. The van der Waals surface area contributed by atoms with E-state index in [-0.39, 0.29) is 6.04 Å². The molecule has 0 radical (unpaired) electrons. The van der Waals surface area contributed by atoms with Crippen LogP contribution in [0.1, 0.15) is 58.8 Å². The minimum absolute atomic E-state index is 0.198. The average Bonchev–Trinajstić information content (AvgIpc) is 2.98. The number of nitrogens with zero attached hydrogens (tertiary/aromatic N) is 2. The van der Waals surface area contributed by atoms with Crippen molar-refractivity contribution in [1.29, 1.82) is 0 Å². The highest BCUT2D eigenvalue weighted by atomic mass is 16.2. The highest BCUT2D eigenvalue weighted by molar-refractivity contribution is 5.77. The molecule has 1 heterocycles. The fourth-order valence-electron chi connectivity index (χ4n) is 3.78. The number of rotatable bonds is 5. The molecule has 2 fully saturated rings. The maximum Gasteiger partial charge on any atom is 0.224 e. The molecule has 0 spiro atoms. The summed E-state index contributed by atoms with van der Waals surface area (Å²) in [5.74, 6) is 0.297. The van der Waals surface area contributed by atoms with Crippen molar-refractivity contribution in [2.24, 2.45) is 11.1 Å². The maximum atomic E-state index is 12.3. The van der Waals surface area contributed by atoms with Gasteiger partial charge < -0.3 is 10.6 Å².